The SMILES string of the molecule is CC(=O)c1c(C)c2cnc(Nc3ccc4c(c3)CS(=O)(=O)C4)nc2n([C@@H]2CCC[C@@]2(C)O)c1=O. The smallest absolute Gasteiger partial charge is 0.263 e. The number of benzene rings is 1. The number of nitrogens with zero attached hydrogens (tertiary/aromatic N) is 3. The molecule has 3 heterocycles. The second-order valence-electron chi connectivity index (χ2n) is 9.57. The van der Waals surface area contributed by atoms with Gasteiger partial charge in [0, 0.05) is 17.3 Å². The molecule has 0 unspecified atom stereocenters. The summed E-state index contributed by atoms with van der Waals surface area (Å²) in [4.78, 5) is 34.8. The van der Waals surface area contributed by atoms with Gasteiger partial charge in [0.2, 0.25) is 5.95 Å². The molecular formula is C24H26N4O5S. The fourth-order valence-electron chi connectivity index (χ4n) is 5.27. The fourth-order valence-corrected chi connectivity index (χ4v) is 6.87. The van der Waals surface area contributed by atoms with Gasteiger partial charge < -0.3 is 10.4 Å². The zero-order valence-corrected chi connectivity index (χ0v) is 20.1. The molecule has 0 spiro atoms. The van der Waals surface area contributed by atoms with Gasteiger partial charge in [-0.1, -0.05) is 6.07 Å². The Kier molecular flexibility index (Phi) is 5.14. The number of sulfone groups is 1. The third kappa shape index (κ3) is 3.70. The number of Topliss-reactive ketones (excluding diaryl/α,β-unsaturated/α-hetero) is 1. The average molecular weight is 483 g/mol. The van der Waals surface area contributed by atoms with E-state index in [1.165, 1.54) is 11.5 Å². The number of carbonyl (C=O) groups is 1. The first-order chi connectivity index (χ1) is 16.0. The Labute approximate surface area is 196 Å². The van der Waals surface area contributed by atoms with Crippen molar-refractivity contribution in [3.63, 3.8) is 0 Å². The van der Waals surface area contributed by atoms with Crippen LogP contribution < -0.4 is 10.9 Å². The molecule has 1 aliphatic heterocycles. The maximum absolute atomic E-state index is 13.5. The summed E-state index contributed by atoms with van der Waals surface area (Å²) < 4.78 is 25.3. The summed E-state index contributed by atoms with van der Waals surface area (Å²) >= 11 is 0. The summed E-state index contributed by atoms with van der Waals surface area (Å²) in [5.74, 6) is -0.0691. The van der Waals surface area contributed by atoms with Crippen molar-refractivity contribution in [2.45, 2.75) is 63.2 Å². The number of aromatic nitrogens is 3. The van der Waals surface area contributed by atoms with Crippen LogP contribution >= 0.6 is 0 Å². The number of anilines is 2. The first-order valence-electron chi connectivity index (χ1n) is 11.2. The van der Waals surface area contributed by atoms with Crippen molar-refractivity contribution >= 4 is 38.3 Å². The molecule has 34 heavy (non-hydrogen) atoms. The van der Waals surface area contributed by atoms with Crippen LogP contribution in [0.15, 0.2) is 29.2 Å². The second kappa shape index (κ2) is 7.71. The number of fused-ring (bicyclic) bond motifs is 2. The van der Waals surface area contributed by atoms with E-state index in [9.17, 15) is 23.1 Å². The molecule has 2 atom stereocenters. The van der Waals surface area contributed by atoms with Gasteiger partial charge in [0.25, 0.3) is 5.56 Å². The van der Waals surface area contributed by atoms with E-state index in [1.807, 2.05) is 0 Å². The predicted octanol–water partition coefficient (Wildman–Crippen LogP) is 2.95. The molecule has 1 aromatic carbocycles. The molecule has 2 N–H and O–H groups in total. The van der Waals surface area contributed by atoms with Crippen LogP contribution in [0.4, 0.5) is 11.6 Å². The standard InChI is InChI=1S/C24H26N4O5S/c1-13-18-10-25-23(26-17-7-6-15-11-34(32,33)12-16(15)9-17)27-21(18)28(22(30)20(13)14(2)29)19-5-4-8-24(19,3)31/h6-7,9-10,19,31H,4-5,8,11-12H2,1-3H3,(H,25,26,27)/t19-,24-/m1/s1. The lowest BCUT2D eigenvalue weighted by atomic mass is 9.98. The van der Waals surface area contributed by atoms with Crippen molar-refractivity contribution in [2.75, 3.05) is 5.32 Å². The van der Waals surface area contributed by atoms with Gasteiger partial charge in [0.15, 0.2) is 15.6 Å². The summed E-state index contributed by atoms with van der Waals surface area (Å²) in [6, 6.07) is 4.80. The fraction of sp³-hybridized carbons (Fsp3) is 0.417. The zero-order valence-electron chi connectivity index (χ0n) is 19.3. The highest BCUT2D eigenvalue weighted by Crippen LogP contribution is 2.40. The number of carbonyl (C=O) groups excluding carboxylic acids is 1. The quantitative estimate of drug-likeness (QED) is 0.543. The van der Waals surface area contributed by atoms with Gasteiger partial charge in [-0.3, -0.25) is 14.2 Å². The largest absolute Gasteiger partial charge is 0.388 e. The van der Waals surface area contributed by atoms with E-state index in [1.54, 1.807) is 38.2 Å². The minimum Gasteiger partial charge on any atom is -0.388 e. The monoisotopic (exact) mass is 482 g/mol. The maximum atomic E-state index is 13.5. The van der Waals surface area contributed by atoms with Crippen LogP contribution in [0.3, 0.4) is 0 Å². The summed E-state index contributed by atoms with van der Waals surface area (Å²) in [6.45, 7) is 4.77. The van der Waals surface area contributed by atoms with E-state index >= 15 is 0 Å². The highest BCUT2D eigenvalue weighted by molar-refractivity contribution is 7.90. The molecule has 10 heteroatoms. The Morgan fingerprint density at radius 1 is 1.26 bits per heavy atom. The van der Waals surface area contributed by atoms with E-state index in [4.69, 9.17) is 0 Å². The molecular weight excluding hydrogens is 456 g/mol. The molecule has 0 radical (unpaired) electrons. The maximum Gasteiger partial charge on any atom is 0.263 e. The van der Waals surface area contributed by atoms with Crippen LogP contribution in [-0.2, 0) is 21.3 Å². The number of ketones is 1. The minimum absolute atomic E-state index is 0.000245. The van der Waals surface area contributed by atoms with Crippen LogP contribution in [0, 0.1) is 6.92 Å². The van der Waals surface area contributed by atoms with Crippen LogP contribution in [0.2, 0.25) is 0 Å². The lowest BCUT2D eigenvalue weighted by Crippen LogP contribution is -2.39. The molecule has 5 rings (SSSR count). The Balaban J connectivity index is 1.64. The molecule has 0 saturated heterocycles. The first kappa shape index (κ1) is 22.7. The van der Waals surface area contributed by atoms with Gasteiger partial charge in [-0.05, 0) is 68.9 Å². The number of aryl methyl sites for hydroxylation is 1. The lowest BCUT2D eigenvalue weighted by molar-refractivity contribution is 0.0265. The van der Waals surface area contributed by atoms with Crippen molar-refractivity contribution in [1.82, 2.24) is 14.5 Å². The zero-order chi connectivity index (χ0) is 24.4. The lowest BCUT2D eigenvalue weighted by Gasteiger charge is -2.29. The Morgan fingerprint density at radius 3 is 2.68 bits per heavy atom. The van der Waals surface area contributed by atoms with Crippen LogP contribution in [0.1, 0.15) is 66.2 Å². The molecule has 2 aliphatic rings. The Morgan fingerprint density at radius 2 is 2.00 bits per heavy atom. The average Bonchev–Trinajstić information content (AvgIpc) is 3.24. The molecule has 2 aromatic heterocycles. The van der Waals surface area contributed by atoms with Gasteiger partial charge in [-0.25, -0.2) is 13.4 Å². The molecule has 178 valence electrons. The molecule has 9 nitrogen and oxygen atoms in total. The summed E-state index contributed by atoms with van der Waals surface area (Å²) in [5, 5.41) is 14.6. The van der Waals surface area contributed by atoms with Gasteiger partial charge >= 0.3 is 0 Å². The summed E-state index contributed by atoms with van der Waals surface area (Å²) in [6.07, 6.45) is 3.46. The van der Waals surface area contributed by atoms with Gasteiger partial charge in [-0.15, -0.1) is 0 Å². The molecule has 0 bridgehead atoms. The summed E-state index contributed by atoms with van der Waals surface area (Å²) in [7, 11) is -3.12. The van der Waals surface area contributed by atoms with Crippen molar-refractivity contribution in [1.29, 1.82) is 0 Å². The van der Waals surface area contributed by atoms with Gasteiger partial charge in [0.05, 0.1) is 28.7 Å². The third-order valence-corrected chi connectivity index (χ3v) is 8.47. The first-order valence-corrected chi connectivity index (χ1v) is 13.0. The Bertz CT molecular complexity index is 1520. The van der Waals surface area contributed by atoms with Crippen LogP contribution in [-0.4, -0.2) is 39.4 Å². The molecule has 3 aromatic rings. The number of hydrogen-bond acceptors (Lipinski definition) is 8. The van der Waals surface area contributed by atoms with E-state index in [0.717, 1.165) is 17.5 Å². The molecule has 1 fully saturated rings. The molecule has 0 amide bonds. The van der Waals surface area contributed by atoms with Gasteiger partial charge in [0.1, 0.15) is 5.65 Å². The van der Waals surface area contributed by atoms with Crippen molar-refractivity contribution in [2.24, 2.45) is 0 Å². The van der Waals surface area contributed by atoms with E-state index in [-0.39, 0.29) is 28.8 Å². The van der Waals surface area contributed by atoms with E-state index in [2.05, 4.69) is 15.3 Å². The van der Waals surface area contributed by atoms with E-state index < -0.39 is 27.0 Å². The topological polar surface area (TPSA) is 131 Å². The number of aliphatic hydroxyl groups is 1. The normalized spacial score (nSPS) is 23.2. The number of rotatable bonds is 4. The third-order valence-electron chi connectivity index (χ3n) is 6.96. The number of hydrogen-bond donors (Lipinski definition) is 2. The van der Waals surface area contributed by atoms with Crippen molar-refractivity contribution in [3.8, 4) is 0 Å². The highest BCUT2D eigenvalue weighted by Gasteiger charge is 2.40. The van der Waals surface area contributed by atoms with E-state index in [0.29, 0.717) is 35.1 Å². The van der Waals surface area contributed by atoms with Crippen molar-refractivity contribution in [3.05, 3.63) is 57.0 Å². The number of nitrogens with one attached hydrogen (secondary N) is 1. The highest BCUT2D eigenvalue weighted by atomic mass is 32.2. The molecule has 1 aliphatic carbocycles. The van der Waals surface area contributed by atoms with Crippen LogP contribution in [0.5, 0.6) is 0 Å². The number of pyridine rings is 1. The Hall–Kier alpha value is -3.11. The second-order valence-corrected chi connectivity index (χ2v) is 11.6. The van der Waals surface area contributed by atoms with Gasteiger partial charge in [-0.2, -0.15) is 4.98 Å². The summed E-state index contributed by atoms with van der Waals surface area (Å²) in [5.41, 5.74) is 1.53. The van der Waals surface area contributed by atoms with Crippen LogP contribution in [0.25, 0.3) is 11.0 Å². The predicted molar refractivity (Wildman–Crippen MR) is 128 cm³/mol. The van der Waals surface area contributed by atoms with Crippen molar-refractivity contribution < 1.29 is 18.3 Å². The minimum atomic E-state index is -3.12. The molecule has 1 saturated carbocycles.